The molecule has 6 heteroatoms. The van der Waals surface area contributed by atoms with Crippen LogP contribution in [0.5, 0.6) is 0 Å². The zero-order chi connectivity index (χ0) is 15.1. The number of carbonyl (C=O) groups is 1. The van der Waals surface area contributed by atoms with Crippen LogP contribution in [0.15, 0.2) is 42.6 Å². The number of pyridine rings is 1. The van der Waals surface area contributed by atoms with Gasteiger partial charge in [-0.25, -0.2) is 9.37 Å². The molecule has 0 spiro atoms. The lowest BCUT2D eigenvalue weighted by molar-refractivity contribution is 0.0955. The summed E-state index contributed by atoms with van der Waals surface area (Å²) in [7, 11) is 0. The van der Waals surface area contributed by atoms with E-state index < -0.39 is 0 Å². The fourth-order valence-electron chi connectivity index (χ4n) is 1.63. The first kappa shape index (κ1) is 14.5. The number of benzene rings is 1. The van der Waals surface area contributed by atoms with Gasteiger partial charge in [-0.05, 0) is 36.4 Å². The summed E-state index contributed by atoms with van der Waals surface area (Å²) < 4.78 is 12.7. The van der Waals surface area contributed by atoms with E-state index in [0.29, 0.717) is 30.0 Å². The lowest BCUT2D eigenvalue weighted by Crippen LogP contribution is -2.28. The fraction of sp³-hybridized carbons (Fsp3) is 0.133. The largest absolute Gasteiger partial charge is 0.368 e. The van der Waals surface area contributed by atoms with Crippen molar-refractivity contribution < 1.29 is 9.18 Å². The minimum atomic E-state index is -0.375. The van der Waals surface area contributed by atoms with E-state index in [0.717, 1.165) is 0 Å². The van der Waals surface area contributed by atoms with Gasteiger partial charge in [-0.2, -0.15) is 5.26 Å². The molecule has 0 unspecified atom stereocenters. The van der Waals surface area contributed by atoms with Crippen molar-refractivity contribution in [1.82, 2.24) is 10.3 Å². The molecule has 0 fully saturated rings. The number of carbonyl (C=O) groups excluding carboxylic acids is 1. The molecule has 2 rings (SSSR count). The Labute approximate surface area is 121 Å². The normalized spacial score (nSPS) is 9.71. The lowest BCUT2D eigenvalue weighted by atomic mass is 10.2. The average Bonchev–Trinajstić information content (AvgIpc) is 2.52. The van der Waals surface area contributed by atoms with Crippen molar-refractivity contribution in [2.45, 2.75) is 0 Å². The van der Waals surface area contributed by atoms with Crippen molar-refractivity contribution in [3.63, 3.8) is 0 Å². The predicted octanol–water partition coefficient (Wildman–Crippen LogP) is 1.93. The summed E-state index contributed by atoms with van der Waals surface area (Å²) in [5, 5.41) is 14.4. The molecular formula is C15H13FN4O. The number of amides is 1. The molecule has 106 valence electrons. The van der Waals surface area contributed by atoms with Gasteiger partial charge in [0.15, 0.2) is 0 Å². The van der Waals surface area contributed by atoms with Gasteiger partial charge in [-0.1, -0.05) is 0 Å². The molecule has 0 aliphatic carbocycles. The van der Waals surface area contributed by atoms with Gasteiger partial charge in [0.2, 0.25) is 0 Å². The van der Waals surface area contributed by atoms with Gasteiger partial charge in [-0.15, -0.1) is 0 Å². The number of hydrogen-bond donors (Lipinski definition) is 2. The van der Waals surface area contributed by atoms with Crippen molar-refractivity contribution in [3.8, 4) is 6.07 Å². The van der Waals surface area contributed by atoms with E-state index in [1.54, 1.807) is 12.1 Å². The Morgan fingerprint density at radius 2 is 1.95 bits per heavy atom. The maximum absolute atomic E-state index is 12.7. The Morgan fingerprint density at radius 1 is 1.19 bits per heavy atom. The topological polar surface area (TPSA) is 77.8 Å². The third-order valence-electron chi connectivity index (χ3n) is 2.72. The molecule has 0 aliphatic heterocycles. The number of rotatable bonds is 5. The molecule has 0 saturated carbocycles. The fourth-order valence-corrected chi connectivity index (χ4v) is 1.63. The first-order valence-corrected chi connectivity index (χ1v) is 6.33. The molecular weight excluding hydrogens is 271 g/mol. The molecule has 0 atom stereocenters. The highest BCUT2D eigenvalue weighted by molar-refractivity contribution is 5.94. The second kappa shape index (κ2) is 7.01. The van der Waals surface area contributed by atoms with E-state index >= 15 is 0 Å². The molecule has 2 aromatic rings. The standard InChI is InChI=1S/C15H13FN4O/c16-13-4-2-12(3-5-13)15(21)19-8-7-18-14-6-1-11(9-17)10-20-14/h1-6,10H,7-8H2,(H,18,20)(H,19,21). The summed E-state index contributed by atoms with van der Waals surface area (Å²) in [6, 6.07) is 10.7. The maximum Gasteiger partial charge on any atom is 0.251 e. The minimum Gasteiger partial charge on any atom is -0.368 e. The minimum absolute atomic E-state index is 0.260. The third-order valence-corrected chi connectivity index (χ3v) is 2.72. The van der Waals surface area contributed by atoms with E-state index in [2.05, 4.69) is 15.6 Å². The number of nitrogens with one attached hydrogen (secondary N) is 2. The van der Waals surface area contributed by atoms with Crippen LogP contribution in [0, 0.1) is 17.1 Å². The van der Waals surface area contributed by atoms with Crippen LogP contribution in [0.25, 0.3) is 0 Å². The van der Waals surface area contributed by atoms with Crippen molar-refractivity contribution in [2.24, 2.45) is 0 Å². The van der Waals surface area contributed by atoms with Gasteiger partial charge in [0.25, 0.3) is 5.91 Å². The second-order valence-corrected chi connectivity index (χ2v) is 4.23. The van der Waals surface area contributed by atoms with E-state index in [1.165, 1.54) is 30.5 Å². The highest BCUT2D eigenvalue weighted by Gasteiger charge is 2.04. The second-order valence-electron chi connectivity index (χ2n) is 4.23. The van der Waals surface area contributed by atoms with Crippen LogP contribution in [0.2, 0.25) is 0 Å². The molecule has 5 nitrogen and oxygen atoms in total. The zero-order valence-corrected chi connectivity index (χ0v) is 11.1. The van der Waals surface area contributed by atoms with E-state index in [1.807, 2.05) is 6.07 Å². The Balaban J connectivity index is 1.75. The molecule has 1 aromatic heterocycles. The molecule has 0 saturated heterocycles. The van der Waals surface area contributed by atoms with Gasteiger partial charge < -0.3 is 10.6 Å². The summed E-state index contributed by atoms with van der Waals surface area (Å²) >= 11 is 0. The number of nitrogens with zero attached hydrogens (tertiary/aromatic N) is 2. The van der Waals surface area contributed by atoms with Crippen molar-refractivity contribution >= 4 is 11.7 Å². The summed E-state index contributed by atoms with van der Waals surface area (Å²) in [6.07, 6.45) is 1.47. The third kappa shape index (κ3) is 4.28. The van der Waals surface area contributed by atoms with Crippen LogP contribution in [-0.4, -0.2) is 24.0 Å². The first-order valence-electron chi connectivity index (χ1n) is 6.33. The number of hydrogen-bond acceptors (Lipinski definition) is 4. The number of aromatic nitrogens is 1. The van der Waals surface area contributed by atoms with Crippen molar-refractivity contribution in [3.05, 3.63) is 59.5 Å². The van der Waals surface area contributed by atoms with Gasteiger partial charge >= 0.3 is 0 Å². The highest BCUT2D eigenvalue weighted by Crippen LogP contribution is 2.04. The van der Waals surface area contributed by atoms with Crippen molar-refractivity contribution in [2.75, 3.05) is 18.4 Å². The predicted molar refractivity (Wildman–Crippen MR) is 76.2 cm³/mol. The van der Waals surface area contributed by atoms with E-state index in [4.69, 9.17) is 5.26 Å². The molecule has 1 aromatic carbocycles. The Kier molecular flexibility index (Phi) is 4.83. The highest BCUT2D eigenvalue weighted by atomic mass is 19.1. The monoisotopic (exact) mass is 284 g/mol. The lowest BCUT2D eigenvalue weighted by Gasteiger charge is -2.07. The molecule has 1 heterocycles. The smallest absolute Gasteiger partial charge is 0.251 e. The molecule has 0 bridgehead atoms. The quantitative estimate of drug-likeness (QED) is 0.822. The summed E-state index contributed by atoms with van der Waals surface area (Å²) in [5.41, 5.74) is 0.901. The van der Waals surface area contributed by atoms with Gasteiger partial charge in [-0.3, -0.25) is 4.79 Å². The Hall–Kier alpha value is -2.94. The maximum atomic E-state index is 12.7. The van der Waals surface area contributed by atoms with Gasteiger partial charge in [0.05, 0.1) is 5.56 Å². The van der Waals surface area contributed by atoms with Crippen LogP contribution >= 0.6 is 0 Å². The Bertz CT molecular complexity index is 647. The summed E-state index contributed by atoms with van der Waals surface area (Å²) in [6.45, 7) is 0.893. The number of nitriles is 1. The Morgan fingerprint density at radius 3 is 2.57 bits per heavy atom. The molecule has 21 heavy (non-hydrogen) atoms. The van der Waals surface area contributed by atoms with E-state index in [-0.39, 0.29) is 11.7 Å². The van der Waals surface area contributed by atoms with Crippen LogP contribution < -0.4 is 10.6 Å². The van der Waals surface area contributed by atoms with Crippen LogP contribution in [0.3, 0.4) is 0 Å². The molecule has 0 aliphatic rings. The van der Waals surface area contributed by atoms with Crippen LogP contribution in [0.4, 0.5) is 10.2 Å². The first-order chi connectivity index (χ1) is 10.2. The summed E-state index contributed by atoms with van der Waals surface area (Å²) in [4.78, 5) is 15.8. The van der Waals surface area contributed by atoms with E-state index in [9.17, 15) is 9.18 Å². The van der Waals surface area contributed by atoms with Crippen LogP contribution in [-0.2, 0) is 0 Å². The van der Waals surface area contributed by atoms with Gasteiger partial charge in [0, 0.05) is 24.8 Å². The van der Waals surface area contributed by atoms with Crippen molar-refractivity contribution in [1.29, 1.82) is 5.26 Å². The SMILES string of the molecule is N#Cc1ccc(NCCNC(=O)c2ccc(F)cc2)nc1. The van der Waals surface area contributed by atoms with Crippen LogP contribution in [0.1, 0.15) is 15.9 Å². The molecule has 1 amide bonds. The number of halogens is 1. The molecule has 2 N–H and O–H groups in total. The average molecular weight is 284 g/mol. The van der Waals surface area contributed by atoms with Gasteiger partial charge in [0.1, 0.15) is 17.7 Å². The zero-order valence-electron chi connectivity index (χ0n) is 11.1. The number of anilines is 1. The summed E-state index contributed by atoms with van der Waals surface area (Å²) in [5.74, 6) is -0.00488. The molecule has 0 radical (unpaired) electrons.